The van der Waals surface area contributed by atoms with Gasteiger partial charge in [-0.05, 0) is 6.92 Å². The summed E-state index contributed by atoms with van der Waals surface area (Å²) in [6.45, 7) is 5.06. The molecule has 0 aliphatic rings. The Morgan fingerprint density at radius 1 is 1.71 bits per heavy atom. The van der Waals surface area contributed by atoms with Gasteiger partial charge < -0.3 is 0 Å². The lowest BCUT2D eigenvalue weighted by Gasteiger charge is -1.99. The second kappa shape index (κ2) is 3.33. The van der Waals surface area contributed by atoms with Crippen LogP contribution in [-0.4, -0.2) is 25.1 Å². The van der Waals surface area contributed by atoms with Crippen LogP contribution in [0.2, 0.25) is 0 Å². The average Bonchev–Trinajstić information content (AvgIpc) is 1.68. The van der Waals surface area contributed by atoms with Crippen LogP contribution in [0.4, 0.5) is 0 Å². The van der Waals surface area contributed by atoms with Gasteiger partial charge in [-0.25, -0.2) is 0 Å². The van der Waals surface area contributed by atoms with Gasteiger partial charge in [0.05, 0.1) is 0 Å². The van der Waals surface area contributed by atoms with Crippen molar-refractivity contribution in [3.63, 3.8) is 0 Å². The van der Waals surface area contributed by atoms with E-state index < -0.39 is 0 Å². The summed E-state index contributed by atoms with van der Waals surface area (Å²) < 4.78 is 0. The van der Waals surface area contributed by atoms with Gasteiger partial charge in [-0.15, -0.1) is 0 Å². The van der Waals surface area contributed by atoms with Crippen LogP contribution in [0.25, 0.3) is 0 Å². The van der Waals surface area contributed by atoms with E-state index in [1.54, 1.807) is 13.3 Å². The van der Waals surface area contributed by atoms with Crippen molar-refractivity contribution in [2.45, 2.75) is 6.92 Å². The maximum absolute atomic E-state index is 3.72. The smallest absolute Gasteiger partial charge is 0.0495 e. The lowest BCUT2D eigenvalue weighted by atomic mass is 10.9. The minimum Gasteiger partial charge on any atom is -0.189 e. The molecule has 0 heterocycles. The lowest BCUT2D eigenvalue weighted by Crippen LogP contribution is -1.98. The normalized spacial score (nSPS) is 9.43. The predicted molar refractivity (Wildman–Crippen MR) is 31.5 cm³/mol. The summed E-state index contributed by atoms with van der Waals surface area (Å²) >= 11 is 0. The standard InChI is InChI=1S/C4H9N3/c1-4-6-7(3)5-2/h4H,2H2,1,3H3/b6-4-. The van der Waals surface area contributed by atoms with Crippen molar-refractivity contribution in [3.05, 3.63) is 0 Å². The molecule has 0 fully saturated rings. The highest BCUT2D eigenvalue weighted by atomic mass is 15.6. The first-order valence-electron chi connectivity index (χ1n) is 2.00. The third kappa shape index (κ3) is 2.96. The van der Waals surface area contributed by atoms with Gasteiger partial charge in [0.2, 0.25) is 0 Å². The molecule has 0 N–H and O–H groups in total. The second-order valence-electron chi connectivity index (χ2n) is 1.00. The molecule has 3 nitrogen and oxygen atoms in total. The van der Waals surface area contributed by atoms with Crippen LogP contribution in [-0.2, 0) is 0 Å². The highest BCUT2D eigenvalue weighted by Crippen LogP contribution is 1.76. The number of hydrogen-bond acceptors (Lipinski definition) is 3. The zero-order valence-electron chi connectivity index (χ0n) is 4.63. The fourth-order valence-electron chi connectivity index (χ4n) is 0.204. The van der Waals surface area contributed by atoms with Crippen LogP contribution in [0, 0.1) is 0 Å². The summed E-state index contributed by atoms with van der Waals surface area (Å²) in [4.78, 5) is 0. The molecule has 0 rings (SSSR count). The Morgan fingerprint density at radius 3 is 2.43 bits per heavy atom. The van der Waals surface area contributed by atoms with E-state index in [2.05, 4.69) is 16.9 Å². The number of nitrogens with zero attached hydrogens (tertiary/aromatic N) is 3. The largest absolute Gasteiger partial charge is 0.189 e. The third-order valence-corrected chi connectivity index (χ3v) is 0.487. The van der Waals surface area contributed by atoms with E-state index in [-0.39, 0.29) is 0 Å². The molecule has 0 amide bonds. The molecule has 0 saturated heterocycles. The molecule has 0 spiro atoms. The minimum absolute atomic E-state index is 1.39. The van der Waals surface area contributed by atoms with E-state index in [4.69, 9.17) is 0 Å². The molecule has 0 aromatic carbocycles. The molecule has 0 aliphatic carbocycles. The Kier molecular flexibility index (Phi) is 2.92. The summed E-state index contributed by atoms with van der Waals surface area (Å²) in [7, 11) is 1.72. The van der Waals surface area contributed by atoms with Crippen molar-refractivity contribution in [2.24, 2.45) is 10.2 Å². The van der Waals surface area contributed by atoms with Gasteiger partial charge in [0.1, 0.15) is 0 Å². The first kappa shape index (κ1) is 6.14. The van der Waals surface area contributed by atoms with Crippen LogP contribution in [0.15, 0.2) is 10.2 Å². The zero-order valence-corrected chi connectivity index (χ0v) is 4.63. The van der Waals surface area contributed by atoms with E-state index in [9.17, 15) is 0 Å². The van der Waals surface area contributed by atoms with E-state index in [0.29, 0.717) is 0 Å². The Balaban J connectivity index is 3.35. The molecule has 0 aliphatic heterocycles. The highest BCUT2D eigenvalue weighted by molar-refractivity contribution is 5.52. The predicted octanol–water partition coefficient (Wildman–Crippen LogP) is 0.539. The van der Waals surface area contributed by atoms with Gasteiger partial charge in [-0.2, -0.15) is 15.3 Å². The minimum atomic E-state index is 1.39. The summed E-state index contributed by atoms with van der Waals surface area (Å²) in [5, 5.41) is 8.57. The monoisotopic (exact) mass is 99.1 g/mol. The molecule has 7 heavy (non-hydrogen) atoms. The van der Waals surface area contributed by atoms with Gasteiger partial charge in [0, 0.05) is 20.0 Å². The molecular formula is C4H9N3. The summed E-state index contributed by atoms with van der Waals surface area (Å²) in [6.07, 6.45) is 1.65. The molecule has 0 aromatic rings. The van der Waals surface area contributed by atoms with E-state index in [1.165, 1.54) is 5.12 Å². The summed E-state index contributed by atoms with van der Waals surface area (Å²) in [5.74, 6) is 0. The van der Waals surface area contributed by atoms with Crippen molar-refractivity contribution < 1.29 is 0 Å². The highest BCUT2D eigenvalue weighted by Gasteiger charge is 1.73. The number of hydrazone groups is 2. The van der Waals surface area contributed by atoms with Crippen molar-refractivity contribution in [1.82, 2.24) is 5.12 Å². The maximum atomic E-state index is 3.72. The number of hydrogen-bond donors (Lipinski definition) is 0. The Morgan fingerprint density at radius 2 is 2.29 bits per heavy atom. The Hall–Kier alpha value is -0.860. The van der Waals surface area contributed by atoms with Gasteiger partial charge >= 0.3 is 0 Å². The van der Waals surface area contributed by atoms with Gasteiger partial charge in [-0.3, -0.25) is 0 Å². The lowest BCUT2D eigenvalue weighted by molar-refractivity contribution is 0.383. The molecule has 40 valence electrons. The van der Waals surface area contributed by atoms with Crippen LogP contribution in [0.1, 0.15) is 6.92 Å². The fraction of sp³-hybridized carbons (Fsp3) is 0.500. The molecule has 0 radical (unpaired) electrons. The van der Waals surface area contributed by atoms with Crippen LogP contribution < -0.4 is 0 Å². The van der Waals surface area contributed by atoms with Gasteiger partial charge in [0.15, 0.2) is 0 Å². The molecule has 0 aromatic heterocycles. The Labute approximate surface area is 43.3 Å². The molecular weight excluding hydrogens is 90.1 g/mol. The van der Waals surface area contributed by atoms with Gasteiger partial charge in [-0.1, -0.05) is 0 Å². The van der Waals surface area contributed by atoms with Crippen molar-refractivity contribution in [2.75, 3.05) is 7.05 Å². The van der Waals surface area contributed by atoms with Crippen LogP contribution in [0.3, 0.4) is 0 Å². The fourth-order valence-corrected chi connectivity index (χ4v) is 0.204. The quantitative estimate of drug-likeness (QED) is 0.367. The first-order chi connectivity index (χ1) is 3.31. The van der Waals surface area contributed by atoms with Crippen molar-refractivity contribution in [3.8, 4) is 0 Å². The first-order valence-corrected chi connectivity index (χ1v) is 2.00. The van der Waals surface area contributed by atoms with Crippen LogP contribution >= 0.6 is 0 Å². The van der Waals surface area contributed by atoms with Crippen molar-refractivity contribution in [1.29, 1.82) is 0 Å². The molecule has 0 atom stereocenters. The van der Waals surface area contributed by atoms with Gasteiger partial charge in [0.25, 0.3) is 0 Å². The van der Waals surface area contributed by atoms with E-state index in [0.717, 1.165) is 0 Å². The number of rotatable bonds is 2. The molecule has 0 saturated carbocycles. The summed E-state index contributed by atoms with van der Waals surface area (Å²) in [5.41, 5.74) is 0. The molecule has 0 unspecified atom stereocenters. The third-order valence-electron chi connectivity index (χ3n) is 0.487. The SMILES string of the molecule is C=NN(C)/N=C\C. The molecule has 3 heteroatoms. The van der Waals surface area contributed by atoms with Crippen molar-refractivity contribution >= 4 is 12.9 Å². The summed E-state index contributed by atoms with van der Waals surface area (Å²) in [6, 6.07) is 0. The van der Waals surface area contributed by atoms with E-state index in [1.807, 2.05) is 6.92 Å². The zero-order chi connectivity index (χ0) is 5.70. The average molecular weight is 99.1 g/mol. The molecule has 0 bridgehead atoms. The van der Waals surface area contributed by atoms with Crippen LogP contribution in [0.5, 0.6) is 0 Å². The Bertz CT molecular complexity index is 77.0. The second-order valence-corrected chi connectivity index (χ2v) is 1.00. The van der Waals surface area contributed by atoms with E-state index >= 15 is 0 Å². The maximum Gasteiger partial charge on any atom is 0.0495 e. The topological polar surface area (TPSA) is 28.0 Å².